The fourth-order valence-corrected chi connectivity index (χ4v) is 5.12. The predicted molar refractivity (Wildman–Crippen MR) is 140 cm³/mol. The first-order valence-electron chi connectivity index (χ1n) is 12.1. The average molecular weight is 462 g/mol. The molecule has 1 fully saturated rings. The lowest BCUT2D eigenvalue weighted by molar-refractivity contribution is -0.122. The molecule has 174 valence electrons. The number of rotatable bonds is 6. The van der Waals surface area contributed by atoms with E-state index in [1.165, 1.54) is 12.1 Å². The highest BCUT2D eigenvalue weighted by Crippen LogP contribution is 2.42. The number of nitrogens with zero attached hydrogens (tertiary/aromatic N) is 1. The lowest BCUT2D eigenvalue weighted by Crippen LogP contribution is -2.42. The maximum atomic E-state index is 14.3. The summed E-state index contributed by atoms with van der Waals surface area (Å²) in [6.45, 7) is 0. The summed E-state index contributed by atoms with van der Waals surface area (Å²) < 4.78 is 13.6. The summed E-state index contributed by atoms with van der Waals surface area (Å²) in [7, 11) is 0. The van der Waals surface area contributed by atoms with Gasteiger partial charge in [0, 0.05) is 23.1 Å². The second kappa shape index (κ2) is 10.1. The van der Waals surface area contributed by atoms with E-state index in [0.29, 0.717) is 6.42 Å². The Morgan fingerprint density at radius 2 is 1.29 bits per heavy atom. The zero-order chi connectivity index (χ0) is 24.1. The summed E-state index contributed by atoms with van der Waals surface area (Å²) in [5.41, 5.74) is 4.14. The van der Waals surface area contributed by atoms with Crippen LogP contribution in [0.2, 0.25) is 0 Å². The van der Waals surface area contributed by atoms with Gasteiger partial charge >= 0.3 is 0 Å². The van der Waals surface area contributed by atoms with Gasteiger partial charge in [-0.25, -0.2) is 4.39 Å². The van der Waals surface area contributed by atoms with Crippen molar-refractivity contribution in [1.82, 2.24) is 0 Å². The first-order chi connectivity index (χ1) is 17.2. The molecule has 0 spiro atoms. The Morgan fingerprint density at radius 1 is 0.743 bits per heavy atom. The summed E-state index contributed by atoms with van der Waals surface area (Å²) in [4.78, 5) is 16.5. The number of para-hydroxylation sites is 2. The number of Topliss-reactive ketones (excluding diaryl/α,β-unsaturated/α-hetero) is 1. The van der Waals surface area contributed by atoms with Crippen LogP contribution in [-0.2, 0) is 16.6 Å². The SMILES string of the molecule is O=C1/C(=C/N(c2ccccc2)c2ccccc2)CCCC1(Cc1ccc(F)cc1)c1ccccc1. The number of carbonyl (C=O) groups excluding carboxylic acids is 1. The number of hydrogen-bond acceptors (Lipinski definition) is 2. The smallest absolute Gasteiger partial charge is 0.171 e. The molecule has 4 aromatic carbocycles. The van der Waals surface area contributed by atoms with Gasteiger partial charge in [-0.1, -0.05) is 78.9 Å². The minimum atomic E-state index is -0.678. The van der Waals surface area contributed by atoms with Crippen molar-refractivity contribution in [2.75, 3.05) is 4.90 Å². The molecule has 0 saturated heterocycles. The van der Waals surface area contributed by atoms with E-state index in [0.717, 1.165) is 47.3 Å². The van der Waals surface area contributed by atoms with E-state index in [-0.39, 0.29) is 11.6 Å². The standard InChI is InChI=1S/C32H28FNO/c33-28-20-18-25(19-21-28)23-32(27-12-4-1-5-13-27)22-10-11-26(31(32)35)24-34(29-14-6-2-7-15-29)30-16-8-3-9-17-30/h1-9,12-21,24H,10-11,22-23H2/b26-24+. The topological polar surface area (TPSA) is 20.3 Å². The molecule has 0 aromatic heterocycles. The predicted octanol–water partition coefficient (Wildman–Crippen LogP) is 7.78. The van der Waals surface area contributed by atoms with E-state index in [4.69, 9.17) is 0 Å². The highest BCUT2D eigenvalue weighted by atomic mass is 19.1. The Morgan fingerprint density at radius 3 is 1.86 bits per heavy atom. The fraction of sp³-hybridized carbons (Fsp3) is 0.156. The van der Waals surface area contributed by atoms with Crippen molar-refractivity contribution in [2.45, 2.75) is 31.1 Å². The van der Waals surface area contributed by atoms with Gasteiger partial charge in [0.1, 0.15) is 5.82 Å². The molecule has 2 nitrogen and oxygen atoms in total. The van der Waals surface area contributed by atoms with E-state index < -0.39 is 5.41 Å². The molecule has 1 aliphatic rings. The van der Waals surface area contributed by atoms with E-state index in [1.54, 1.807) is 12.1 Å². The number of ketones is 1. The van der Waals surface area contributed by atoms with E-state index in [9.17, 15) is 9.18 Å². The van der Waals surface area contributed by atoms with Crippen molar-refractivity contribution < 1.29 is 9.18 Å². The van der Waals surface area contributed by atoms with Gasteiger partial charge in [0.25, 0.3) is 0 Å². The Labute approximate surface area is 206 Å². The zero-order valence-corrected chi connectivity index (χ0v) is 19.6. The van der Waals surface area contributed by atoms with Crippen LogP contribution >= 0.6 is 0 Å². The molecule has 0 N–H and O–H groups in total. The van der Waals surface area contributed by atoms with Gasteiger partial charge in [-0.05, 0) is 73.2 Å². The van der Waals surface area contributed by atoms with Crippen molar-refractivity contribution in [3.8, 4) is 0 Å². The number of carbonyl (C=O) groups is 1. The van der Waals surface area contributed by atoms with Gasteiger partial charge in [-0.3, -0.25) is 4.79 Å². The van der Waals surface area contributed by atoms with E-state index in [2.05, 4.69) is 41.3 Å². The number of allylic oxidation sites excluding steroid dienone is 1. The van der Waals surface area contributed by atoms with E-state index in [1.807, 2.05) is 60.8 Å². The van der Waals surface area contributed by atoms with Gasteiger partial charge in [-0.2, -0.15) is 0 Å². The molecular weight excluding hydrogens is 433 g/mol. The summed E-state index contributed by atoms with van der Waals surface area (Å²) >= 11 is 0. The highest BCUT2D eigenvalue weighted by molar-refractivity contribution is 6.05. The molecule has 1 unspecified atom stereocenters. The van der Waals surface area contributed by atoms with Gasteiger partial charge in [0.2, 0.25) is 0 Å². The second-order valence-corrected chi connectivity index (χ2v) is 9.13. The molecule has 35 heavy (non-hydrogen) atoms. The Bertz CT molecular complexity index is 1260. The van der Waals surface area contributed by atoms with Crippen LogP contribution in [0.5, 0.6) is 0 Å². The van der Waals surface area contributed by atoms with Crippen molar-refractivity contribution in [3.05, 3.63) is 144 Å². The van der Waals surface area contributed by atoms with Gasteiger partial charge in [0.15, 0.2) is 5.78 Å². The van der Waals surface area contributed by atoms with Crippen molar-refractivity contribution in [1.29, 1.82) is 0 Å². The third kappa shape index (κ3) is 4.81. The minimum absolute atomic E-state index is 0.149. The van der Waals surface area contributed by atoms with Crippen LogP contribution < -0.4 is 4.90 Å². The lowest BCUT2D eigenvalue weighted by Gasteiger charge is -2.38. The van der Waals surface area contributed by atoms with Crippen LogP contribution in [0, 0.1) is 5.82 Å². The maximum absolute atomic E-state index is 14.3. The van der Waals surface area contributed by atoms with Crippen LogP contribution in [0.4, 0.5) is 15.8 Å². The molecule has 0 heterocycles. The zero-order valence-electron chi connectivity index (χ0n) is 19.6. The summed E-state index contributed by atoms with van der Waals surface area (Å²) in [6.07, 6.45) is 4.97. The summed E-state index contributed by atoms with van der Waals surface area (Å²) in [5.74, 6) is -0.115. The van der Waals surface area contributed by atoms with E-state index >= 15 is 0 Å². The molecule has 0 radical (unpaired) electrons. The third-order valence-corrected chi connectivity index (χ3v) is 6.88. The molecular formula is C32H28FNO. The van der Waals surface area contributed by atoms with Crippen molar-refractivity contribution in [2.24, 2.45) is 0 Å². The lowest BCUT2D eigenvalue weighted by atomic mass is 9.64. The quantitative estimate of drug-likeness (QED) is 0.273. The van der Waals surface area contributed by atoms with Crippen LogP contribution in [0.25, 0.3) is 0 Å². The highest BCUT2D eigenvalue weighted by Gasteiger charge is 2.44. The van der Waals surface area contributed by atoms with Crippen LogP contribution in [0.3, 0.4) is 0 Å². The molecule has 5 rings (SSSR count). The number of hydrogen-bond donors (Lipinski definition) is 0. The van der Waals surface area contributed by atoms with Crippen LogP contribution in [0.1, 0.15) is 30.4 Å². The first kappa shape index (κ1) is 22.8. The molecule has 0 aliphatic heterocycles. The molecule has 3 heteroatoms. The van der Waals surface area contributed by atoms with Crippen molar-refractivity contribution in [3.63, 3.8) is 0 Å². The minimum Gasteiger partial charge on any atom is -0.317 e. The Balaban J connectivity index is 1.59. The number of halogens is 1. The molecule has 4 aromatic rings. The summed E-state index contributed by atoms with van der Waals surface area (Å²) in [6, 6.07) is 36.9. The summed E-state index contributed by atoms with van der Waals surface area (Å²) in [5, 5.41) is 0. The molecule has 1 atom stereocenters. The molecule has 1 saturated carbocycles. The van der Waals surface area contributed by atoms with Gasteiger partial charge in [-0.15, -0.1) is 0 Å². The molecule has 0 bridgehead atoms. The monoisotopic (exact) mass is 461 g/mol. The van der Waals surface area contributed by atoms with Gasteiger partial charge in [0.05, 0.1) is 5.41 Å². The number of anilines is 2. The van der Waals surface area contributed by atoms with Gasteiger partial charge < -0.3 is 4.90 Å². The molecule has 1 aliphatic carbocycles. The maximum Gasteiger partial charge on any atom is 0.171 e. The molecule has 0 amide bonds. The largest absolute Gasteiger partial charge is 0.317 e. The first-order valence-corrected chi connectivity index (χ1v) is 12.1. The van der Waals surface area contributed by atoms with Crippen LogP contribution in [0.15, 0.2) is 127 Å². The average Bonchev–Trinajstić information content (AvgIpc) is 2.92. The third-order valence-electron chi connectivity index (χ3n) is 6.88. The Kier molecular flexibility index (Phi) is 6.58. The second-order valence-electron chi connectivity index (χ2n) is 9.13. The number of benzene rings is 4. The van der Waals surface area contributed by atoms with Crippen molar-refractivity contribution >= 4 is 17.2 Å². The van der Waals surface area contributed by atoms with Crippen LogP contribution in [-0.4, -0.2) is 5.78 Å². The normalized spacial score (nSPS) is 19.0. The fourth-order valence-electron chi connectivity index (χ4n) is 5.12. The Hall–Kier alpha value is -3.98.